The molecular weight excluding hydrogens is 272 g/mol. The summed E-state index contributed by atoms with van der Waals surface area (Å²) in [6, 6.07) is 10.8. The van der Waals surface area contributed by atoms with Gasteiger partial charge in [0.05, 0.1) is 6.04 Å². The molecule has 2 aromatic carbocycles. The van der Waals surface area contributed by atoms with Crippen molar-refractivity contribution in [2.24, 2.45) is 5.73 Å². The quantitative estimate of drug-likeness (QED) is 0.781. The van der Waals surface area contributed by atoms with Gasteiger partial charge in [0.25, 0.3) is 0 Å². The van der Waals surface area contributed by atoms with E-state index in [-0.39, 0.29) is 12.0 Å². The lowest BCUT2D eigenvalue weighted by molar-refractivity contribution is 0.476. The molecule has 0 aliphatic heterocycles. The third-order valence-electron chi connectivity index (χ3n) is 3.54. The smallest absolute Gasteiger partial charge is 0.134 e. The van der Waals surface area contributed by atoms with Crippen LogP contribution in [0.3, 0.4) is 0 Å². The third kappa shape index (κ3) is 2.67. The first kappa shape index (κ1) is 13.8. The first-order chi connectivity index (χ1) is 10.0. The first-order valence-electron chi connectivity index (χ1n) is 6.73. The highest BCUT2D eigenvalue weighted by molar-refractivity contribution is 5.78. The Kier molecular flexibility index (Phi) is 3.47. The minimum Gasteiger partial charge on any atom is -0.459 e. The highest BCUT2D eigenvalue weighted by Crippen LogP contribution is 2.27. The van der Waals surface area contributed by atoms with Crippen LogP contribution in [0.2, 0.25) is 0 Å². The van der Waals surface area contributed by atoms with Crippen molar-refractivity contribution in [3.05, 3.63) is 71.0 Å². The van der Waals surface area contributed by atoms with Gasteiger partial charge in [0.15, 0.2) is 0 Å². The van der Waals surface area contributed by atoms with Crippen LogP contribution in [-0.2, 0) is 6.42 Å². The van der Waals surface area contributed by atoms with Crippen LogP contribution in [-0.4, -0.2) is 0 Å². The molecule has 0 saturated carbocycles. The van der Waals surface area contributed by atoms with Gasteiger partial charge in [0.2, 0.25) is 0 Å². The molecule has 4 heteroatoms. The van der Waals surface area contributed by atoms with E-state index in [9.17, 15) is 8.78 Å². The molecule has 3 rings (SSSR count). The van der Waals surface area contributed by atoms with Crippen molar-refractivity contribution in [3.63, 3.8) is 0 Å². The molecule has 2 nitrogen and oxygen atoms in total. The van der Waals surface area contributed by atoms with Gasteiger partial charge in [-0.3, -0.25) is 0 Å². The molecule has 0 saturated heterocycles. The average Bonchev–Trinajstić information content (AvgIpc) is 2.86. The number of hydrogen-bond acceptors (Lipinski definition) is 2. The lowest BCUT2D eigenvalue weighted by Gasteiger charge is -2.10. The van der Waals surface area contributed by atoms with Crippen molar-refractivity contribution in [2.45, 2.75) is 19.4 Å². The normalized spacial score (nSPS) is 12.8. The van der Waals surface area contributed by atoms with Gasteiger partial charge in [-0.05, 0) is 37.3 Å². The molecule has 1 heterocycles. The van der Waals surface area contributed by atoms with Crippen molar-refractivity contribution in [1.29, 1.82) is 0 Å². The van der Waals surface area contributed by atoms with Crippen molar-refractivity contribution in [1.82, 2.24) is 0 Å². The van der Waals surface area contributed by atoms with Gasteiger partial charge >= 0.3 is 0 Å². The molecule has 1 atom stereocenters. The molecule has 0 aliphatic carbocycles. The summed E-state index contributed by atoms with van der Waals surface area (Å²) < 4.78 is 33.0. The van der Waals surface area contributed by atoms with E-state index in [1.807, 2.05) is 31.2 Å². The zero-order chi connectivity index (χ0) is 15.0. The van der Waals surface area contributed by atoms with Crippen LogP contribution < -0.4 is 5.73 Å². The number of aryl methyl sites for hydroxylation is 1. The zero-order valence-electron chi connectivity index (χ0n) is 11.6. The van der Waals surface area contributed by atoms with Crippen LogP contribution >= 0.6 is 0 Å². The minimum atomic E-state index is -0.593. The first-order valence-corrected chi connectivity index (χ1v) is 6.73. The Bertz CT molecular complexity index is 774. The van der Waals surface area contributed by atoms with Crippen molar-refractivity contribution in [2.75, 3.05) is 0 Å². The van der Waals surface area contributed by atoms with Crippen LogP contribution in [0.1, 0.15) is 22.9 Å². The molecule has 21 heavy (non-hydrogen) atoms. The van der Waals surface area contributed by atoms with E-state index in [4.69, 9.17) is 10.2 Å². The number of fused-ring (bicyclic) bond motifs is 1. The van der Waals surface area contributed by atoms with Crippen LogP contribution in [0.15, 0.2) is 46.9 Å². The topological polar surface area (TPSA) is 39.2 Å². The fraction of sp³-hybridized carbons (Fsp3) is 0.176. The van der Waals surface area contributed by atoms with Crippen LogP contribution in [0, 0.1) is 18.6 Å². The molecule has 0 aliphatic rings. The Morgan fingerprint density at radius 1 is 1.10 bits per heavy atom. The maximum Gasteiger partial charge on any atom is 0.134 e. The molecule has 1 unspecified atom stereocenters. The molecular formula is C17H15F2NO. The Morgan fingerprint density at radius 2 is 1.81 bits per heavy atom. The SMILES string of the molecule is Cc1ccc2oc(C(N)Cc3c(F)cccc3F)cc2c1. The maximum absolute atomic E-state index is 13.7. The molecule has 2 N–H and O–H groups in total. The third-order valence-corrected chi connectivity index (χ3v) is 3.54. The average molecular weight is 287 g/mol. The van der Waals surface area contributed by atoms with E-state index >= 15 is 0 Å². The minimum absolute atomic E-state index is 0.0124. The van der Waals surface area contributed by atoms with Gasteiger partial charge in [0, 0.05) is 17.4 Å². The van der Waals surface area contributed by atoms with Crippen molar-refractivity contribution >= 4 is 11.0 Å². The summed E-state index contributed by atoms with van der Waals surface area (Å²) in [5.74, 6) is -0.645. The molecule has 0 amide bonds. The lowest BCUT2D eigenvalue weighted by atomic mass is 10.0. The summed E-state index contributed by atoms with van der Waals surface area (Å²) in [5, 5.41) is 0.939. The van der Waals surface area contributed by atoms with Crippen LogP contribution in [0.25, 0.3) is 11.0 Å². The molecule has 0 radical (unpaired) electrons. The summed E-state index contributed by atoms with van der Waals surface area (Å²) in [6.07, 6.45) is 0.0529. The standard InChI is InChI=1S/C17H15F2NO/c1-10-5-6-16-11(7-10)8-17(21-16)15(20)9-12-13(18)3-2-4-14(12)19/h2-8,15H,9,20H2,1H3. The molecule has 0 spiro atoms. The fourth-order valence-electron chi connectivity index (χ4n) is 2.41. The van der Waals surface area contributed by atoms with Crippen molar-refractivity contribution < 1.29 is 13.2 Å². The molecule has 0 bridgehead atoms. The second-order valence-corrected chi connectivity index (χ2v) is 5.20. The Hall–Kier alpha value is -2.20. The predicted octanol–water partition coefficient (Wildman–Crippen LogP) is 4.26. The monoisotopic (exact) mass is 287 g/mol. The van der Waals surface area contributed by atoms with E-state index in [1.165, 1.54) is 18.2 Å². The fourth-order valence-corrected chi connectivity index (χ4v) is 2.41. The Balaban J connectivity index is 1.91. The van der Waals surface area contributed by atoms with Gasteiger partial charge in [-0.15, -0.1) is 0 Å². The molecule has 108 valence electrons. The number of halogens is 2. The second-order valence-electron chi connectivity index (χ2n) is 5.20. The highest BCUT2D eigenvalue weighted by Gasteiger charge is 2.17. The van der Waals surface area contributed by atoms with Gasteiger partial charge in [0.1, 0.15) is 23.0 Å². The largest absolute Gasteiger partial charge is 0.459 e. The number of nitrogens with two attached hydrogens (primary N) is 1. The van der Waals surface area contributed by atoms with E-state index in [2.05, 4.69) is 0 Å². The van der Waals surface area contributed by atoms with E-state index < -0.39 is 17.7 Å². The van der Waals surface area contributed by atoms with Gasteiger partial charge < -0.3 is 10.2 Å². The van der Waals surface area contributed by atoms with Crippen LogP contribution in [0.5, 0.6) is 0 Å². The maximum atomic E-state index is 13.7. The summed E-state index contributed by atoms with van der Waals surface area (Å²) in [7, 11) is 0. The summed E-state index contributed by atoms with van der Waals surface area (Å²) in [6.45, 7) is 1.99. The Labute approximate surface area is 121 Å². The van der Waals surface area contributed by atoms with Gasteiger partial charge in [-0.1, -0.05) is 17.7 Å². The second kappa shape index (κ2) is 5.30. The van der Waals surface area contributed by atoms with Crippen LogP contribution in [0.4, 0.5) is 8.78 Å². The number of furan rings is 1. The number of hydrogen-bond donors (Lipinski definition) is 1. The Morgan fingerprint density at radius 3 is 2.52 bits per heavy atom. The van der Waals surface area contributed by atoms with E-state index in [0.29, 0.717) is 5.76 Å². The predicted molar refractivity (Wildman–Crippen MR) is 77.9 cm³/mol. The zero-order valence-corrected chi connectivity index (χ0v) is 11.6. The van der Waals surface area contributed by atoms with Gasteiger partial charge in [-0.2, -0.15) is 0 Å². The van der Waals surface area contributed by atoms with E-state index in [1.54, 1.807) is 0 Å². The summed E-state index contributed by atoms with van der Waals surface area (Å²) >= 11 is 0. The number of rotatable bonds is 3. The lowest BCUT2D eigenvalue weighted by Crippen LogP contribution is -2.14. The molecule has 0 fully saturated rings. The van der Waals surface area contributed by atoms with E-state index in [0.717, 1.165) is 16.5 Å². The molecule has 1 aromatic heterocycles. The summed E-state index contributed by atoms with van der Waals surface area (Å²) in [5.41, 5.74) is 7.86. The molecule has 3 aromatic rings. The van der Waals surface area contributed by atoms with Crippen molar-refractivity contribution in [3.8, 4) is 0 Å². The number of benzene rings is 2. The summed E-state index contributed by atoms with van der Waals surface area (Å²) in [4.78, 5) is 0. The highest BCUT2D eigenvalue weighted by atomic mass is 19.1. The van der Waals surface area contributed by atoms with Gasteiger partial charge in [-0.25, -0.2) is 8.78 Å².